The quantitative estimate of drug-likeness (QED) is 0.371. The molecule has 0 spiro atoms. The van der Waals surface area contributed by atoms with Crippen molar-refractivity contribution in [3.8, 4) is 23.0 Å². The monoisotopic (exact) mass is 351 g/mol. The van der Waals surface area contributed by atoms with Gasteiger partial charge in [0.2, 0.25) is 0 Å². The zero-order chi connectivity index (χ0) is 18.5. The summed E-state index contributed by atoms with van der Waals surface area (Å²) < 4.78 is 5.60. The van der Waals surface area contributed by atoms with Gasteiger partial charge in [-0.1, -0.05) is 18.2 Å². The molecule has 0 amide bonds. The van der Waals surface area contributed by atoms with E-state index >= 15 is 0 Å². The van der Waals surface area contributed by atoms with Crippen LogP contribution in [0, 0.1) is 10.1 Å². The lowest BCUT2D eigenvalue weighted by atomic mass is 10.2. The summed E-state index contributed by atoms with van der Waals surface area (Å²) in [7, 11) is 0. The Morgan fingerprint density at radius 2 is 1.42 bits per heavy atom. The van der Waals surface area contributed by atoms with Gasteiger partial charge in [-0.05, 0) is 30.3 Å². The van der Waals surface area contributed by atoms with Crippen LogP contribution in [0.5, 0.6) is 23.0 Å². The van der Waals surface area contributed by atoms with E-state index in [4.69, 9.17) is 4.74 Å². The summed E-state index contributed by atoms with van der Waals surface area (Å²) in [6.45, 7) is 0. The molecule has 0 heterocycles. The minimum absolute atomic E-state index is 0.0413. The van der Waals surface area contributed by atoms with Gasteiger partial charge in [-0.25, -0.2) is 0 Å². The van der Waals surface area contributed by atoms with Crippen molar-refractivity contribution in [2.45, 2.75) is 0 Å². The number of benzene rings is 3. The molecule has 0 aliphatic heterocycles. The van der Waals surface area contributed by atoms with E-state index in [2.05, 4.69) is 10.2 Å². The summed E-state index contributed by atoms with van der Waals surface area (Å²) >= 11 is 0. The summed E-state index contributed by atoms with van der Waals surface area (Å²) in [4.78, 5) is 10.0. The largest absolute Gasteiger partial charge is 0.505 e. The molecule has 0 fully saturated rings. The standard InChI is InChI=1S/C18H13N3O5/c22-17-10-12(21(24)25)6-8-15(17)19-20-16-9-7-14(11-18(16)23)26-13-4-2-1-3-5-13/h1-11,22-23H. The van der Waals surface area contributed by atoms with Crippen molar-refractivity contribution >= 4 is 17.1 Å². The van der Waals surface area contributed by atoms with Gasteiger partial charge in [0.1, 0.15) is 34.4 Å². The van der Waals surface area contributed by atoms with Gasteiger partial charge >= 0.3 is 0 Å². The Morgan fingerprint density at radius 1 is 0.808 bits per heavy atom. The van der Waals surface area contributed by atoms with Crippen LogP contribution in [0.1, 0.15) is 0 Å². The number of nitrogens with zero attached hydrogens (tertiary/aromatic N) is 3. The van der Waals surface area contributed by atoms with Crippen LogP contribution in [0.25, 0.3) is 0 Å². The number of nitro groups is 1. The van der Waals surface area contributed by atoms with E-state index < -0.39 is 4.92 Å². The lowest BCUT2D eigenvalue weighted by molar-refractivity contribution is -0.384. The maximum atomic E-state index is 10.6. The number of phenols is 2. The van der Waals surface area contributed by atoms with Crippen molar-refractivity contribution in [3.63, 3.8) is 0 Å². The Morgan fingerprint density at radius 3 is 2.00 bits per heavy atom. The normalized spacial score (nSPS) is 10.8. The predicted octanol–water partition coefficient (Wildman–Crippen LogP) is 5.21. The number of phenolic OH excluding ortho intramolecular Hbond substituents is 2. The van der Waals surface area contributed by atoms with Crippen LogP contribution in [0.4, 0.5) is 17.1 Å². The molecule has 3 aromatic rings. The lowest BCUT2D eigenvalue weighted by Crippen LogP contribution is -1.86. The molecule has 2 N–H and O–H groups in total. The van der Waals surface area contributed by atoms with Gasteiger partial charge in [0.25, 0.3) is 5.69 Å². The highest BCUT2D eigenvalue weighted by Gasteiger charge is 2.10. The van der Waals surface area contributed by atoms with Gasteiger partial charge < -0.3 is 14.9 Å². The van der Waals surface area contributed by atoms with Crippen molar-refractivity contribution in [2.75, 3.05) is 0 Å². The minimum atomic E-state index is -0.627. The molecule has 0 saturated carbocycles. The number of para-hydroxylation sites is 1. The van der Waals surface area contributed by atoms with E-state index in [0.29, 0.717) is 11.5 Å². The average molecular weight is 351 g/mol. The van der Waals surface area contributed by atoms with Gasteiger partial charge in [-0.15, -0.1) is 10.2 Å². The Hall–Kier alpha value is -3.94. The number of nitro benzene ring substituents is 1. The number of aromatic hydroxyl groups is 2. The Balaban J connectivity index is 1.78. The van der Waals surface area contributed by atoms with Crippen LogP contribution in [0.2, 0.25) is 0 Å². The number of hydrogen-bond acceptors (Lipinski definition) is 7. The lowest BCUT2D eigenvalue weighted by Gasteiger charge is -2.06. The van der Waals surface area contributed by atoms with Crippen molar-refractivity contribution in [3.05, 3.63) is 76.8 Å². The molecule has 8 heteroatoms. The average Bonchev–Trinajstić information content (AvgIpc) is 2.62. The van der Waals surface area contributed by atoms with E-state index in [1.165, 1.54) is 24.3 Å². The van der Waals surface area contributed by atoms with Gasteiger partial charge in [0.05, 0.1) is 11.0 Å². The van der Waals surface area contributed by atoms with Crippen LogP contribution < -0.4 is 4.74 Å². The second kappa shape index (κ2) is 7.31. The van der Waals surface area contributed by atoms with Crippen molar-refractivity contribution in [1.29, 1.82) is 0 Å². The Kier molecular flexibility index (Phi) is 4.75. The Bertz CT molecular complexity index is 974. The predicted molar refractivity (Wildman–Crippen MR) is 93.6 cm³/mol. The molecule has 0 aliphatic carbocycles. The van der Waals surface area contributed by atoms with E-state index in [0.717, 1.165) is 6.07 Å². The number of ether oxygens (including phenoxy) is 1. The molecule has 0 saturated heterocycles. The molecule has 8 nitrogen and oxygen atoms in total. The summed E-state index contributed by atoms with van der Waals surface area (Å²) in [5.74, 6) is 0.498. The first kappa shape index (κ1) is 16.9. The molecule has 3 aromatic carbocycles. The van der Waals surface area contributed by atoms with Crippen LogP contribution in [0.3, 0.4) is 0 Å². The first-order chi connectivity index (χ1) is 12.5. The maximum absolute atomic E-state index is 10.6. The third-order valence-electron chi connectivity index (χ3n) is 3.36. The zero-order valence-corrected chi connectivity index (χ0v) is 13.3. The smallest absolute Gasteiger partial charge is 0.273 e. The summed E-state index contributed by atoms with van der Waals surface area (Å²) in [6, 6.07) is 17.0. The number of rotatable bonds is 5. The van der Waals surface area contributed by atoms with Crippen molar-refractivity contribution < 1.29 is 19.9 Å². The number of hydrogen-bond donors (Lipinski definition) is 2. The van der Waals surface area contributed by atoms with Crippen molar-refractivity contribution in [1.82, 2.24) is 0 Å². The molecule has 3 rings (SSSR count). The molecule has 0 aliphatic rings. The molecule has 26 heavy (non-hydrogen) atoms. The fraction of sp³-hybridized carbons (Fsp3) is 0. The Labute approximate surface area is 147 Å². The topological polar surface area (TPSA) is 118 Å². The minimum Gasteiger partial charge on any atom is -0.505 e. The third-order valence-corrected chi connectivity index (χ3v) is 3.36. The van der Waals surface area contributed by atoms with E-state index in [-0.39, 0.29) is 28.6 Å². The molecule has 0 unspecified atom stereocenters. The van der Waals surface area contributed by atoms with Gasteiger partial charge in [-0.3, -0.25) is 10.1 Å². The molecule has 0 aromatic heterocycles. The number of azo groups is 1. The van der Waals surface area contributed by atoms with E-state index in [1.54, 1.807) is 18.2 Å². The molecular formula is C18H13N3O5. The molecular weight excluding hydrogens is 338 g/mol. The first-order valence-electron chi connectivity index (χ1n) is 7.48. The fourth-order valence-corrected chi connectivity index (χ4v) is 2.09. The highest BCUT2D eigenvalue weighted by molar-refractivity contribution is 5.58. The van der Waals surface area contributed by atoms with Crippen molar-refractivity contribution in [2.24, 2.45) is 10.2 Å². The van der Waals surface area contributed by atoms with Crippen LogP contribution in [-0.4, -0.2) is 15.1 Å². The highest BCUT2D eigenvalue weighted by Crippen LogP contribution is 2.36. The molecule has 130 valence electrons. The van der Waals surface area contributed by atoms with Crippen LogP contribution in [-0.2, 0) is 0 Å². The summed E-state index contributed by atoms with van der Waals surface area (Å²) in [6.07, 6.45) is 0. The SMILES string of the molecule is O=[N+]([O-])c1ccc(N=Nc2ccc(Oc3ccccc3)cc2O)c(O)c1. The summed E-state index contributed by atoms with van der Waals surface area (Å²) in [5.41, 5.74) is -0.0607. The first-order valence-corrected chi connectivity index (χ1v) is 7.48. The second-order valence-corrected chi connectivity index (χ2v) is 5.20. The van der Waals surface area contributed by atoms with Gasteiger partial charge in [0.15, 0.2) is 0 Å². The maximum Gasteiger partial charge on any atom is 0.273 e. The van der Waals surface area contributed by atoms with E-state index in [1.807, 2.05) is 18.2 Å². The van der Waals surface area contributed by atoms with Gasteiger partial charge in [0, 0.05) is 12.1 Å². The second-order valence-electron chi connectivity index (χ2n) is 5.20. The molecule has 0 atom stereocenters. The zero-order valence-electron chi connectivity index (χ0n) is 13.3. The van der Waals surface area contributed by atoms with Gasteiger partial charge in [-0.2, -0.15) is 0 Å². The summed E-state index contributed by atoms with van der Waals surface area (Å²) in [5, 5.41) is 38.1. The fourth-order valence-electron chi connectivity index (χ4n) is 2.09. The third kappa shape index (κ3) is 3.93. The van der Waals surface area contributed by atoms with Crippen LogP contribution >= 0.6 is 0 Å². The molecule has 0 bridgehead atoms. The van der Waals surface area contributed by atoms with E-state index in [9.17, 15) is 20.3 Å². The van der Waals surface area contributed by atoms with Crippen LogP contribution in [0.15, 0.2) is 77.0 Å². The highest BCUT2D eigenvalue weighted by atomic mass is 16.6. The number of non-ortho nitro benzene ring substituents is 1. The molecule has 0 radical (unpaired) electrons.